The Morgan fingerprint density at radius 2 is 1.94 bits per heavy atom. The molecule has 0 aliphatic carbocycles. The molecule has 3 atom stereocenters. The zero-order valence-electron chi connectivity index (χ0n) is 10.3. The Kier molecular flexibility index (Phi) is 3.91. The first-order valence-electron chi connectivity index (χ1n) is 5.52. The molecule has 92 valence electrons. The van der Waals surface area contributed by atoms with Gasteiger partial charge in [0.05, 0.1) is 0 Å². The highest BCUT2D eigenvalue weighted by Crippen LogP contribution is 2.21. The maximum absolute atomic E-state index is 11.8. The number of rotatable bonds is 3. The third kappa shape index (κ3) is 2.52. The summed E-state index contributed by atoms with van der Waals surface area (Å²) in [5.74, 6) is -1.87. The van der Waals surface area contributed by atoms with Crippen LogP contribution in [0.25, 0.3) is 0 Å². The largest absolute Gasteiger partial charge is 0.481 e. The van der Waals surface area contributed by atoms with Gasteiger partial charge in [0.25, 0.3) is 0 Å². The van der Waals surface area contributed by atoms with Crippen LogP contribution in [0.15, 0.2) is 0 Å². The van der Waals surface area contributed by atoms with Gasteiger partial charge in [0.1, 0.15) is 5.92 Å². The van der Waals surface area contributed by atoms with Crippen molar-refractivity contribution in [1.29, 1.82) is 0 Å². The summed E-state index contributed by atoms with van der Waals surface area (Å²) in [5, 5.41) is 8.80. The molecule has 1 heterocycles. The minimum Gasteiger partial charge on any atom is -0.481 e. The van der Waals surface area contributed by atoms with Gasteiger partial charge in [-0.1, -0.05) is 6.92 Å². The lowest BCUT2D eigenvalue weighted by Crippen LogP contribution is -2.39. The lowest BCUT2D eigenvalue weighted by Gasteiger charge is -2.22. The van der Waals surface area contributed by atoms with E-state index in [4.69, 9.17) is 5.11 Å². The second kappa shape index (κ2) is 4.82. The van der Waals surface area contributed by atoms with E-state index in [0.717, 1.165) is 0 Å². The van der Waals surface area contributed by atoms with Gasteiger partial charge < -0.3 is 14.9 Å². The van der Waals surface area contributed by atoms with E-state index in [1.807, 2.05) is 14.1 Å². The smallest absolute Gasteiger partial charge is 0.315 e. The molecule has 3 unspecified atom stereocenters. The van der Waals surface area contributed by atoms with Crippen molar-refractivity contribution >= 4 is 11.9 Å². The number of carboxylic acids is 1. The number of likely N-dealkylation sites (N-methyl/N-ethyl adjacent to an activating group) is 1. The molecule has 5 nitrogen and oxygen atoms in total. The Morgan fingerprint density at radius 3 is 2.31 bits per heavy atom. The number of carbonyl (C=O) groups excluding carboxylic acids is 1. The van der Waals surface area contributed by atoms with E-state index in [-0.39, 0.29) is 5.91 Å². The Bertz CT molecular complexity index is 291. The van der Waals surface area contributed by atoms with Crippen LogP contribution in [0.3, 0.4) is 0 Å². The number of aliphatic carboxylic acids is 1. The van der Waals surface area contributed by atoms with Crippen LogP contribution in [0.4, 0.5) is 0 Å². The highest BCUT2D eigenvalue weighted by Gasteiger charge is 2.36. The van der Waals surface area contributed by atoms with Gasteiger partial charge in [-0.05, 0) is 26.9 Å². The maximum Gasteiger partial charge on any atom is 0.315 e. The molecule has 0 radical (unpaired) electrons. The summed E-state index contributed by atoms with van der Waals surface area (Å²) >= 11 is 0. The highest BCUT2D eigenvalue weighted by atomic mass is 16.4. The first-order valence-corrected chi connectivity index (χ1v) is 5.52. The zero-order chi connectivity index (χ0) is 12.5. The third-order valence-corrected chi connectivity index (χ3v) is 3.29. The van der Waals surface area contributed by atoms with Crippen LogP contribution in [0.1, 0.15) is 13.8 Å². The molecule has 0 aromatic heterocycles. The van der Waals surface area contributed by atoms with Gasteiger partial charge in [-0.2, -0.15) is 0 Å². The number of hydrogen-bond acceptors (Lipinski definition) is 3. The molecule has 5 heteroatoms. The monoisotopic (exact) mass is 228 g/mol. The molecule has 0 aromatic rings. The molecule has 1 rings (SSSR count). The number of nitrogens with zero attached hydrogens (tertiary/aromatic N) is 2. The maximum atomic E-state index is 11.8. The third-order valence-electron chi connectivity index (χ3n) is 3.29. The molecule has 0 aromatic carbocycles. The molecule has 16 heavy (non-hydrogen) atoms. The topological polar surface area (TPSA) is 60.9 Å². The Balaban J connectivity index is 2.65. The van der Waals surface area contributed by atoms with E-state index >= 15 is 0 Å². The molecular weight excluding hydrogens is 208 g/mol. The van der Waals surface area contributed by atoms with Crippen molar-refractivity contribution in [3.05, 3.63) is 0 Å². The second-order valence-electron chi connectivity index (χ2n) is 4.81. The van der Waals surface area contributed by atoms with E-state index in [1.165, 1.54) is 6.92 Å². The molecule has 1 fully saturated rings. The van der Waals surface area contributed by atoms with Gasteiger partial charge in [0.2, 0.25) is 5.91 Å². The van der Waals surface area contributed by atoms with Gasteiger partial charge in [0.15, 0.2) is 0 Å². The van der Waals surface area contributed by atoms with Crippen molar-refractivity contribution in [2.45, 2.75) is 19.9 Å². The molecule has 0 bridgehead atoms. The minimum atomic E-state index is -1.05. The highest BCUT2D eigenvalue weighted by molar-refractivity contribution is 5.96. The SMILES string of the molecule is CC(C(=O)O)C(=O)N1CC(C)C(N(C)C)C1. The lowest BCUT2D eigenvalue weighted by molar-refractivity contribution is -0.149. The van der Waals surface area contributed by atoms with Crippen LogP contribution >= 0.6 is 0 Å². The summed E-state index contributed by atoms with van der Waals surface area (Å²) in [6.45, 7) is 4.81. The zero-order valence-corrected chi connectivity index (χ0v) is 10.3. The van der Waals surface area contributed by atoms with Gasteiger partial charge in [-0.3, -0.25) is 9.59 Å². The fourth-order valence-corrected chi connectivity index (χ4v) is 2.18. The summed E-state index contributed by atoms with van der Waals surface area (Å²) < 4.78 is 0. The predicted molar refractivity (Wildman–Crippen MR) is 60.0 cm³/mol. The van der Waals surface area contributed by atoms with Gasteiger partial charge in [-0.25, -0.2) is 0 Å². The Labute approximate surface area is 96.0 Å². The van der Waals surface area contributed by atoms with Crippen LogP contribution in [-0.2, 0) is 9.59 Å². The summed E-state index contributed by atoms with van der Waals surface area (Å²) in [5.41, 5.74) is 0. The number of carbonyl (C=O) groups is 2. The van der Waals surface area contributed by atoms with Crippen LogP contribution in [0.2, 0.25) is 0 Å². The lowest BCUT2D eigenvalue weighted by atomic mass is 10.1. The van der Waals surface area contributed by atoms with Gasteiger partial charge in [0, 0.05) is 19.1 Å². The van der Waals surface area contributed by atoms with Crippen LogP contribution in [-0.4, -0.2) is 60.0 Å². The first-order chi connectivity index (χ1) is 7.34. The summed E-state index contributed by atoms with van der Waals surface area (Å²) in [6, 6.07) is 0.324. The van der Waals surface area contributed by atoms with E-state index < -0.39 is 11.9 Å². The Hall–Kier alpha value is -1.10. The molecule has 1 aliphatic heterocycles. The number of amides is 1. The van der Waals surface area contributed by atoms with Crippen molar-refractivity contribution in [3.63, 3.8) is 0 Å². The molecule has 1 aliphatic rings. The van der Waals surface area contributed by atoms with Gasteiger partial charge in [-0.15, -0.1) is 0 Å². The molecule has 1 amide bonds. The van der Waals surface area contributed by atoms with Crippen LogP contribution in [0.5, 0.6) is 0 Å². The Morgan fingerprint density at radius 1 is 1.38 bits per heavy atom. The molecule has 0 spiro atoms. The average Bonchev–Trinajstić information content (AvgIpc) is 2.58. The predicted octanol–water partition coefficient (Wildman–Crippen LogP) is 0.116. The average molecular weight is 228 g/mol. The molecule has 1 saturated heterocycles. The van der Waals surface area contributed by atoms with Crippen molar-refractivity contribution in [2.75, 3.05) is 27.2 Å². The standard InChI is InChI=1S/C11H20N2O3/c1-7-5-13(6-9(7)12(3)4)10(14)8(2)11(15)16/h7-9H,5-6H2,1-4H3,(H,15,16). The molecular formula is C11H20N2O3. The van der Waals surface area contributed by atoms with E-state index in [1.54, 1.807) is 4.90 Å². The summed E-state index contributed by atoms with van der Waals surface area (Å²) in [7, 11) is 3.96. The minimum absolute atomic E-state index is 0.274. The van der Waals surface area contributed by atoms with E-state index in [0.29, 0.717) is 25.0 Å². The fraction of sp³-hybridized carbons (Fsp3) is 0.818. The van der Waals surface area contributed by atoms with Crippen LogP contribution in [0, 0.1) is 11.8 Å². The van der Waals surface area contributed by atoms with E-state index in [9.17, 15) is 9.59 Å². The van der Waals surface area contributed by atoms with E-state index in [2.05, 4.69) is 11.8 Å². The van der Waals surface area contributed by atoms with Crippen molar-refractivity contribution in [3.8, 4) is 0 Å². The van der Waals surface area contributed by atoms with Crippen molar-refractivity contribution < 1.29 is 14.7 Å². The summed E-state index contributed by atoms with van der Waals surface area (Å²) in [4.78, 5) is 26.3. The number of carboxylic acid groups (broad SMARTS) is 1. The normalized spacial score (nSPS) is 27.2. The molecule has 0 saturated carbocycles. The number of likely N-dealkylation sites (tertiary alicyclic amines) is 1. The van der Waals surface area contributed by atoms with Crippen molar-refractivity contribution in [1.82, 2.24) is 9.80 Å². The van der Waals surface area contributed by atoms with Crippen LogP contribution < -0.4 is 0 Å². The second-order valence-corrected chi connectivity index (χ2v) is 4.81. The number of hydrogen-bond donors (Lipinski definition) is 1. The summed E-state index contributed by atoms with van der Waals surface area (Å²) in [6.07, 6.45) is 0. The first kappa shape index (κ1) is 13.0. The van der Waals surface area contributed by atoms with Crippen molar-refractivity contribution in [2.24, 2.45) is 11.8 Å². The van der Waals surface area contributed by atoms with Gasteiger partial charge >= 0.3 is 5.97 Å². The molecule has 1 N–H and O–H groups in total. The quantitative estimate of drug-likeness (QED) is 0.697. The fourth-order valence-electron chi connectivity index (χ4n) is 2.18.